The van der Waals surface area contributed by atoms with E-state index in [0.717, 1.165) is 18.9 Å². The monoisotopic (exact) mass is 193 g/mol. The third-order valence-electron chi connectivity index (χ3n) is 2.45. The van der Waals surface area contributed by atoms with E-state index in [-0.39, 0.29) is 5.69 Å². The largest absolute Gasteiger partial charge is 0.356 e. The summed E-state index contributed by atoms with van der Waals surface area (Å²) in [7, 11) is 0. The Balaban J connectivity index is 2.30. The number of rotatable bonds is 2. The minimum atomic E-state index is -0.401. The van der Waals surface area contributed by atoms with Crippen LogP contribution in [0.15, 0.2) is 12.3 Å². The molecule has 0 spiro atoms. The van der Waals surface area contributed by atoms with E-state index in [9.17, 15) is 10.1 Å². The molecular formula is C9H11N3O2. The van der Waals surface area contributed by atoms with Gasteiger partial charge in [-0.3, -0.25) is 10.1 Å². The highest BCUT2D eigenvalue weighted by atomic mass is 16.6. The Bertz CT molecular complexity index is 374. The first kappa shape index (κ1) is 8.93. The molecule has 14 heavy (non-hydrogen) atoms. The van der Waals surface area contributed by atoms with Crippen LogP contribution in [0.1, 0.15) is 12.0 Å². The van der Waals surface area contributed by atoms with E-state index in [2.05, 4.69) is 9.88 Å². The molecule has 0 aliphatic carbocycles. The summed E-state index contributed by atoms with van der Waals surface area (Å²) in [5.74, 6) is 0.847. The van der Waals surface area contributed by atoms with Gasteiger partial charge in [0.05, 0.1) is 4.92 Å². The van der Waals surface area contributed by atoms with Gasteiger partial charge in [0.1, 0.15) is 12.0 Å². The summed E-state index contributed by atoms with van der Waals surface area (Å²) < 4.78 is 0. The summed E-state index contributed by atoms with van der Waals surface area (Å²) in [6, 6.07) is 1.78. The fraction of sp³-hybridized carbons (Fsp3) is 0.444. The number of nitro groups is 1. The van der Waals surface area contributed by atoms with Crippen molar-refractivity contribution in [1.29, 1.82) is 0 Å². The molecule has 0 N–H and O–H groups in total. The SMILES string of the molecule is Cc1cc(N2CCC2)ncc1[N+](=O)[O-]. The van der Waals surface area contributed by atoms with E-state index in [4.69, 9.17) is 0 Å². The van der Waals surface area contributed by atoms with Crippen molar-refractivity contribution < 1.29 is 4.92 Å². The first-order valence-electron chi connectivity index (χ1n) is 4.54. The number of hydrogen-bond acceptors (Lipinski definition) is 4. The summed E-state index contributed by atoms with van der Waals surface area (Å²) in [5.41, 5.74) is 0.765. The number of hydrogen-bond donors (Lipinski definition) is 0. The van der Waals surface area contributed by atoms with Crippen LogP contribution in [0.2, 0.25) is 0 Å². The quantitative estimate of drug-likeness (QED) is 0.527. The lowest BCUT2D eigenvalue weighted by Gasteiger charge is -2.31. The van der Waals surface area contributed by atoms with Crippen LogP contribution in [-0.2, 0) is 0 Å². The average molecular weight is 193 g/mol. The van der Waals surface area contributed by atoms with Gasteiger partial charge in [0, 0.05) is 18.7 Å². The van der Waals surface area contributed by atoms with Crippen LogP contribution in [0.3, 0.4) is 0 Å². The van der Waals surface area contributed by atoms with Crippen LogP contribution < -0.4 is 4.90 Å². The van der Waals surface area contributed by atoms with Crippen LogP contribution in [0.25, 0.3) is 0 Å². The molecule has 1 aliphatic rings. The zero-order chi connectivity index (χ0) is 10.1. The standard InChI is InChI=1S/C9H11N3O2/c1-7-5-9(11-3-2-4-11)10-6-8(7)12(13)14/h5-6H,2-4H2,1H3. The van der Waals surface area contributed by atoms with Crippen molar-refractivity contribution in [3.8, 4) is 0 Å². The molecule has 0 radical (unpaired) electrons. The summed E-state index contributed by atoms with van der Waals surface area (Å²) in [5, 5.41) is 10.5. The number of pyridine rings is 1. The van der Waals surface area contributed by atoms with Gasteiger partial charge in [-0.05, 0) is 19.4 Å². The molecule has 1 aromatic heterocycles. The maximum Gasteiger partial charge on any atom is 0.290 e. The van der Waals surface area contributed by atoms with E-state index >= 15 is 0 Å². The minimum absolute atomic E-state index is 0.0919. The second-order valence-corrected chi connectivity index (χ2v) is 3.43. The predicted molar refractivity (Wildman–Crippen MR) is 52.5 cm³/mol. The van der Waals surface area contributed by atoms with Crippen molar-refractivity contribution in [2.45, 2.75) is 13.3 Å². The van der Waals surface area contributed by atoms with E-state index in [1.54, 1.807) is 13.0 Å². The van der Waals surface area contributed by atoms with Gasteiger partial charge in [-0.1, -0.05) is 0 Å². The molecule has 0 atom stereocenters. The average Bonchev–Trinajstić information content (AvgIpc) is 2.00. The zero-order valence-electron chi connectivity index (χ0n) is 7.93. The minimum Gasteiger partial charge on any atom is -0.356 e. The molecule has 5 heteroatoms. The summed E-state index contributed by atoms with van der Waals surface area (Å²) in [4.78, 5) is 16.3. The summed E-state index contributed by atoms with van der Waals surface area (Å²) in [6.45, 7) is 3.75. The number of anilines is 1. The molecule has 1 aliphatic heterocycles. The number of aromatic nitrogens is 1. The van der Waals surface area contributed by atoms with Gasteiger partial charge in [0.15, 0.2) is 0 Å². The third-order valence-corrected chi connectivity index (χ3v) is 2.45. The Kier molecular flexibility index (Phi) is 2.07. The van der Waals surface area contributed by atoms with Crippen LogP contribution in [0.5, 0.6) is 0 Å². The lowest BCUT2D eigenvalue weighted by molar-refractivity contribution is -0.385. The van der Waals surface area contributed by atoms with Gasteiger partial charge >= 0.3 is 0 Å². The Labute approximate surface area is 81.5 Å². The second-order valence-electron chi connectivity index (χ2n) is 3.43. The topological polar surface area (TPSA) is 59.3 Å². The molecule has 0 saturated carbocycles. The van der Waals surface area contributed by atoms with E-state index < -0.39 is 4.92 Å². The molecule has 0 bridgehead atoms. The highest BCUT2D eigenvalue weighted by Crippen LogP contribution is 2.23. The number of aryl methyl sites for hydroxylation is 1. The van der Waals surface area contributed by atoms with Crippen molar-refractivity contribution in [1.82, 2.24) is 4.98 Å². The highest BCUT2D eigenvalue weighted by molar-refractivity contribution is 5.49. The Morgan fingerprint density at radius 2 is 2.29 bits per heavy atom. The van der Waals surface area contributed by atoms with Gasteiger partial charge in [0.2, 0.25) is 0 Å². The molecule has 1 fully saturated rings. The van der Waals surface area contributed by atoms with Crippen LogP contribution in [0.4, 0.5) is 11.5 Å². The zero-order valence-corrected chi connectivity index (χ0v) is 7.93. The lowest BCUT2D eigenvalue weighted by atomic mass is 10.2. The van der Waals surface area contributed by atoms with Gasteiger partial charge in [-0.2, -0.15) is 0 Å². The predicted octanol–water partition coefficient (Wildman–Crippen LogP) is 1.51. The lowest BCUT2D eigenvalue weighted by Crippen LogP contribution is -2.37. The maximum atomic E-state index is 10.5. The maximum absolute atomic E-state index is 10.5. The van der Waals surface area contributed by atoms with Crippen molar-refractivity contribution in [3.63, 3.8) is 0 Å². The Hall–Kier alpha value is -1.65. The van der Waals surface area contributed by atoms with Crippen LogP contribution in [0, 0.1) is 17.0 Å². The number of nitrogens with zero attached hydrogens (tertiary/aromatic N) is 3. The van der Waals surface area contributed by atoms with Crippen molar-refractivity contribution in [3.05, 3.63) is 27.9 Å². The second kappa shape index (κ2) is 3.25. The van der Waals surface area contributed by atoms with Crippen LogP contribution in [-0.4, -0.2) is 23.0 Å². The van der Waals surface area contributed by atoms with Crippen molar-refractivity contribution in [2.24, 2.45) is 0 Å². The first-order chi connectivity index (χ1) is 6.68. The Morgan fingerprint density at radius 1 is 1.57 bits per heavy atom. The van der Waals surface area contributed by atoms with Crippen molar-refractivity contribution in [2.75, 3.05) is 18.0 Å². The Morgan fingerprint density at radius 3 is 2.71 bits per heavy atom. The molecule has 0 amide bonds. The molecular weight excluding hydrogens is 182 g/mol. The summed E-state index contributed by atoms with van der Waals surface area (Å²) >= 11 is 0. The smallest absolute Gasteiger partial charge is 0.290 e. The van der Waals surface area contributed by atoms with Gasteiger partial charge in [-0.25, -0.2) is 4.98 Å². The molecule has 5 nitrogen and oxygen atoms in total. The molecule has 0 aromatic carbocycles. The van der Waals surface area contributed by atoms with Gasteiger partial charge in [0.25, 0.3) is 5.69 Å². The fourth-order valence-corrected chi connectivity index (χ4v) is 1.44. The van der Waals surface area contributed by atoms with E-state index in [1.165, 1.54) is 12.6 Å². The molecule has 0 unspecified atom stereocenters. The first-order valence-corrected chi connectivity index (χ1v) is 4.54. The van der Waals surface area contributed by atoms with E-state index in [0.29, 0.717) is 5.56 Å². The molecule has 74 valence electrons. The molecule has 1 saturated heterocycles. The summed E-state index contributed by atoms with van der Waals surface area (Å²) in [6.07, 6.45) is 2.51. The fourth-order valence-electron chi connectivity index (χ4n) is 1.44. The molecule has 2 rings (SSSR count). The molecule has 1 aromatic rings. The van der Waals surface area contributed by atoms with Gasteiger partial charge in [-0.15, -0.1) is 0 Å². The molecule has 2 heterocycles. The van der Waals surface area contributed by atoms with E-state index in [1.807, 2.05) is 0 Å². The highest BCUT2D eigenvalue weighted by Gasteiger charge is 2.18. The van der Waals surface area contributed by atoms with Gasteiger partial charge < -0.3 is 4.90 Å². The van der Waals surface area contributed by atoms with Crippen molar-refractivity contribution >= 4 is 11.5 Å². The van der Waals surface area contributed by atoms with Crippen LogP contribution >= 0.6 is 0 Å². The third kappa shape index (κ3) is 1.41. The normalized spacial score (nSPS) is 15.1.